The number of ether oxygens (including phenoxy) is 1. The lowest BCUT2D eigenvalue weighted by Gasteiger charge is -2.28. The molecule has 2 aliphatic rings. The van der Waals surface area contributed by atoms with Gasteiger partial charge >= 0.3 is 6.09 Å². The van der Waals surface area contributed by atoms with Crippen LogP contribution in [0.1, 0.15) is 41.0 Å². The van der Waals surface area contributed by atoms with Crippen LogP contribution in [0.15, 0.2) is 4.99 Å². The fraction of sp³-hybridized carbons (Fsp3) is 0.786. The largest absolute Gasteiger partial charge is 0.444 e. The maximum atomic E-state index is 12.2. The van der Waals surface area contributed by atoms with Crippen LogP contribution >= 0.6 is 0 Å². The van der Waals surface area contributed by atoms with Crippen LogP contribution in [-0.4, -0.2) is 57.7 Å². The van der Waals surface area contributed by atoms with Gasteiger partial charge in [0.05, 0.1) is 18.7 Å². The van der Waals surface area contributed by atoms with Gasteiger partial charge in [0.15, 0.2) is 0 Å². The Morgan fingerprint density at radius 1 is 1.48 bits per heavy atom. The van der Waals surface area contributed by atoms with Crippen molar-refractivity contribution in [2.24, 2.45) is 4.99 Å². The molecule has 0 spiro atoms. The predicted octanol–water partition coefficient (Wildman–Crippen LogP) is 0.664. The number of aliphatic hydroxyl groups excluding tert-OH is 1. The summed E-state index contributed by atoms with van der Waals surface area (Å²) in [6, 6.07) is -0.458. The van der Waals surface area contributed by atoms with Gasteiger partial charge in [-0.05, 0) is 34.6 Å². The van der Waals surface area contributed by atoms with Gasteiger partial charge < -0.3 is 15.2 Å². The molecule has 1 saturated heterocycles. The Balaban J connectivity index is 2.18. The molecule has 2 heterocycles. The summed E-state index contributed by atoms with van der Waals surface area (Å²) < 4.78 is 5.35. The molecule has 2 aliphatic heterocycles. The highest BCUT2D eigenvalue weighted by Gasteiger charge is 2.44. The third-order valence-electron chi connectivity index (χ3n) is 3.42. The molecule has 1 fully saturated rings. The topological polar surface area (TPSA) is 91.2 Å². The Morgan fingerprint density at radius 3 is 2.57 bits per heavy atom. The molecule has 0 aromatic carbocycles. The number of amides is 2. The van der Waals surface area contributed by atoms with E-state index < -0.39 is 29.4 Å². The molecule has 7 heteroatoms. The molecule has 21 heavy (non-hydrogen) atoms. The number of amidine groups is 1. The minimum absolute atomic E-state index is 0.175. The summed E-state index contributed by atoms with van der Waals surface area (Å²) in [5.74, 6) is 0.218. The minimum Gasteiger partial charge on any atom is -0.444 e. The zero-order valence-electron chi connectivity index (χ0n) is 13.1. The molecule has 2 rings (SSSR count). The highest BCUT2D eigenvalue weighted by atomic mass is 16.6. The molecule has 0 aliphatic carbocycles. The Kier molecular flexibility index (Phi) is 3.73. The Hall–Kier alpha value is -1.63. The number of carbonyl (C=O) groups is 2. The molecule has 2 amide bonds. The van der Waals surface area contributed by atoms with E-state index in [1.54, 1.807) is 34.6 Å². The molecular formula is C14H23N3O4. The van der Waals surface area contributed by atoms with Gasteiger partial charge in [-0.25, -0.2) is 4.79 Å². The third kappa shape index (κ3) is 3.34. The summed E-state index contributed by atoms with van der Waals surface area (Å²) in [6.07, 6.45) is -0.814. The summed E-state index contributed by atoms with van der Waals surface area (Å²) in [4.78, 5) is 29.8. The van der Waals surface area contributed by atoms with Gasteiger partial charge in [-0.15, -0.1) is 0 Å². The number of likely N-dealkylation sites (tertiary alicyclic amines) is 1. The number of β-amino-alcohol motifs (C(OH)–C–C–N with tert-alkyl or cyclic N) is 1. The molecule has 2 N–H and O–H groups in total. The zero-order chi connectivity index (χ0) is 16.0. The van der Waals surface area contributed by atoms with Crippen LogP contribution < -0.4 is 5.32 Å². The maximum Gasteiger partial charge on any atom is 0.411 e. The van der Waals surface area contributed by atoms with Crippen molar-refractivity contribution in [2.75, 3.05) is 6.54 Å². The van der Waals surface area contributed by atoms with Crippen molar-refractivity contribution in [2.45, 2.75) is 64.3 Å². The van der Waals surface area contributed by atoms with Crippen LogP contribution in [0, 0.1) is 0 Å². The number of hydrogen-bond acceptors (Lipinski definition) is 5. The second-order valence-electron chi connectivity index (χ2n) is 7.05. The lowest BCUT2D eigenvalue weighted by Crippen LogP contribution is -2.47. The molecule has 118 valence electrons. The second kappa shape index (κ2) is 4.98. The molecule has 0 aromatic heterocycles. The van der Waals surface area contributed by atoms with Crippen LogP contribution in [0.3, 0.4) is 0 Å². The van der Waals surface area contributed by atoms with E-state index in [9.17, 15) is 14.7 Å². The molecule has 0 aromatic rings. The van der Waals surface area contributed by atoms with E-state index in [0.29, 0.717) is 12.3 Å². The normalized spacial score (nSPS) is 28.4. The van der Waals surface area contributed by atoms with Crippen molar-refractivity contribution in [3.05, 3.63) is 0 Å². The van der Waals surface area contributed by atoms with Crippen LogP contribution in [0.5, 0.6) is 0 Å². The van der Waals surface area contributed by atoms with Crippen molar-refractivity contribution in [3.8, 4) is 0 Å². The van der Waals surface area contributed by atoms with Crippen molar-refractivity contribution in [1.29, 1.82) is 0 Å². The zero-order valence-corrected chi connectivity index (χ0v) is 13.1. The summed E-state index contributed by atoms with van der Waals surface area (Å²) >= 11 is 0. The number of aliphatic hydroxyl groups is 1. The van der Waals surface area contributed by atoms with Gasteiger partial charge in [-0.2, -0.15) is 0 Å². The highest BCUT2D eigenvalue weighted by Crippen LogP contribution is 2.25. The van der Waals surface area contributed by atoms with Crippen molar-refractivity contribution in [3.63, 3.8) is 0 Å². The van der Waals surface area contributed by atoms with E-state index in [2.05, 4.69) is 10.3 Å². The van der Waals surface area contributed by atoms with Crippen molar-refractivity contribution >= 4 is 17.8 Å². The first kappa shape index (κ1) is 15.8. The van der Waals surface area contributed by atoms with E-state index in [1.165, 1.54) is 4.90 Å². The smallest absolute Gasteiger partial charge is 0.411 e. The van der Waals surface area contributed by atoms with E-state index in [0.717, 1.165) is 0 Å². The SMILES string of the molecule is CC(C)(C)OC(=O)N1C[C@H](O)CC1C1=NC(C)(C)C(=O)N1. The first-order chi connectivity index (χ1) is 9.49. The van der Waals surface area contributed by atoms with Gasteiger partial charge in [0.1, 0.15) is 17.0 Å². The number of carbonyl (C=O) groups excluding carboxylic acids is 2. The minimum atomic E-state index is -0.845. The quantitative estimate of drug-likeness (QED) is 0.744. The summed E-state index contributed by atoms with van der Waals surface area (Å²) in [7, 11) is 0. The van der Waals surface area contributed by atoms with Crippen LogP contribution in [0.4, 0.5) is 4.79 Å². The molecule has 0 radical (unpaired) electrons. The number of nitrogens with zero attached hydrogens (tertiary/aromatic N) is 2. The lowest BCUT2D eigenvalue weighted by molar-refractivity contribution is -0.122. The summed E-state index contributed by atoms with van der Waals surface area (Å²) in [5.41, 5.74) is -1.46. The molecule has 2 atom stereocenters. The third-order valence-corrected chi connectivity index (χ3v) is 3.42. The second-order valence-corrected chi connectivity index (χ2v) is 7.05. The van der Waals surface area contributed by atoms with Crippen LogP contribution in [-0.2, 0) is 9.53 Å². The monoisotopic (exact) mass is 297 g/mol. The van der Waals surface area contributed by atoms with Gasteiger partial charge in [0.25, 0.3) is 5.91 Å². The Bertz CT molecular complexity index is 493. The fourth-order valence-corrected chi connectivity index (χ4v) is 2.40. The van der Waals surface area contributed by atoms with Gasteiger partial charge in [0, 0.05) is 6.42 Å². The Labute approximate surface area is 124 Å². The molecule has 7 nitrogen and oxygen atoms in total. The van der Waals surface area contributed by atoms with E-state index in [1.807, 2.05) is 0 Å². The van der Waals surface area contributed by atoms with Crippen molar-refractivity contribution < 1.29 is 19.4 Å². The maximum absolute atomic E-state index is 12.2. The number of nitrogens with one attached hydrogen (secondary N) is 1. The van der Waals surface area contributed by atoms with Crippen LogP contribution in [0.2, 0.25) is 0 Å². The molecular weight excluding hydrogens is 274 g/mol. The van der Waals surface area contributed by atoms with Crippen LogP contribution in [0.25, 0.3) is 0 Å². The molecule has 1 unspecified atom stereocenters. The molecule has 0 bridgehead atoms. The predicted molar refractivity (Wildman–Crippen MR) is 77.0 cm³/mol. The number of aliphatic imine (C=N–C) groups is 1. The summed E-state index contributed by atoms with van der Waals surface area (Å²) in [5, 5.41) is 12.6. The first-order valence-electron chi connectivity index (χ1n) is 7.08. The Morgan fingerprint density at radius 2 is 2.10 bits per heavy atom. The summed E-state index contributed by atoms with van der Waals surface area (Å²) in [6.45, 7) is 8.94. The van der Waals surface area contributed by atoms with Gasteiger partial charge in [-0.3, -0.25) is 14.7 Å². The first-order valence-corrected chi connectivity index (χ1v) is 7.08. The van der Waals surface area contributed by atoms with E-state index in [4.69, 9.17) is 4.74 Å². The van der Waals surface area contributed by atoms with E-state index in [-0.39, 0.29) is 12.5 Å². The van der Waals surface area contributed by atoms with Gasteiger partial charge in [0.2, 0.25) is 0 Å². The average molecular weight is 297 g/mol. The number of hydrogen-bond donors (Lipinski definition) is 2. The fourth-order valence-electron chi connectivity index (χ4n) is 2.40. The number of rotatable bonds is 1. The lowest BCUT2D eigenvalue weighted by atomic mass is 10.1. The average Bonchev–Trinajstić information content (AvgIpc) is 2.78. The molecule has 0 saturated carbocycles. The highest BCUT2D eigenvalue weighted by molar-refractivity contribution is 6.10. The van der Waals surface area contributed by atoms with Crippen molar-refractivity contribution in [1.82, 2.24) is 10.2 Å². The van der Waals surface area contributed by atoms with Gasteiger partial charge in [-0.1, -0.05) is 0 Å². The standard InChI is InChI=1S/C14H23N3O4/c1-13(2,3)21-12(20)17-7-8(18)6-9(17)10-15-11(19)14(4,5)16-10/h8-9,18H,6-7H2,1-5H3,(H,15,16,19)/t8-,9?/m1/s1. The van der Waals surface area contributed by atoms with E-state index >= 15 is 0 Å².